The Morgan fingerprint density at radius 2 is 1.87 bits per heavy atom. The highest BCUT2D eigenvalue weighted by Gasteiger charge is 2.13. The van der Waals surface area contributed by atoms with Crippen LogP contribution in [0.25, 0.3) is 10.6 Å². The Morgan fingerprint density at radius 1 is 1.13 bits per heavy atom. The molecule has 3 aromatic rings. The largest absolute Gasteiger partial charge is 0.496 e. The normalized spacial score (nSPS) is 10.3. The van der Waals surface area contributed by atoms with E-state index in [2.05, 4.69) is 31.4 Å². The molecule has 0 saturated carbocycles. The molecule has 0 aliphatic rings. The van der Waals surface area contributed by atoms with Crippen LogP contribution in [0.15, 0.2) is 53.0 Å². The van der Waals surface area contributed by atoms with Crippen molar-refractivity contribution in [2.24, 2.45) is 0 Å². The zero-order chi connectivity index (χ0) is 16.2. The molecule has 0 saturated heterocycles. The van der Waals surface area contributed by atoms with Crippen LogP contribution in [0.4, 0.5) is 5.13 Å². The van der Waals surface area contributed by atoms with Crippen molar-refractivity contribution in [1.29, 1.82) is 0 Å². The SMILES string of the molecule is COc1ccccc1-c1nnc(NC(=O)c2ccc(Br)cc2)s1. The van der Waals surface area contributed by atoms with Crippen molar-refractivity contribution in [3.8, 4) is 16.3 Å². The fraction of sp³-hybridized carbons (Fsp3) is 0.0625. The second-order valence-electron chi connectivity index (χ2n) is 4.57. The van der Waals surface area contributed by atoms with E-state index in [4.69, 9.17) is 4.74 Å². The number of hydrogen-bond donors (Lipinski definition) is 1. The van der Waals surface area contributed by atoms with E-state index >= 15 is 0 Å². The van der Waals surface area contributed by atoms with Gasteiger partial charge in [0.05, 0.1) is 12.7 Å². The van der Waals surface area contributed by atoms with Crippen LogP contribution in [0, 0.1) is 0 Å². The first-order chi connectivity index (χ1) is 11.2. The summed E-state index contributed by atoms with van der Waals surface area (Å²) in [6, 6.07) is 14.7. The topological polar surface area (TPSA) is 64.1 Å². The molecule has 0 fully saturated rings. The second kappa shape index (κ2) is 6.89. The van der Waals surface area contributed by atoms with Gasteiger partial charge in [-0.1, -0.05) is 39.4 Å². The highest BCUT2D eigenvalue weighted by molar-refractivity contribution is 9.10. The number of para-hydroxylation sites is 1. The smallest absolute Gasteiger partial charge is 0.257 e. The third kappa shape index (κ3) is 3.57. The molecule has 0 radical (unpaired) electrons. The molecule has 0 aliphatic carbocycles. The zero-order valence-electron chi connectivity index (χ0n) is 12.1. The molecule has 1 amide bonds. The molecule has 5 nitrogen and oxygen atoms in total. The minimum atomic E-state index is -0.222. The molecule has 2 aromatic carbocycles. The lowest BCUT2D eigenvalue weighted by Gasteiger charge is -2.03. The van der Waals surface area contributed by atoms with Gasteiger partial charge in [-0.2, -0.15) is 0 Å². The van der Waals surface area contributed by atoms with Gasteiger partial charge in [-0.15, -0.1) is 10.2 Å². The second-order valence-corrected chi connectivity index (χ2v) is 6.47. The predicted molar refractivity (Wildman–Crippen MR) is 94.0 cm³/mol. The Morgan fingerprint density at radius 3 is 2.61 bits per heavy atom. The summed E-state index contributed by atoms with van der Waals surface area (Å²) in [7, 11) is 1.61. The Bertz CT molecular complexity index is 833. The Kier molecular flexibility index (Phi) is 4.68. The molecule has 1 N–H and O–H groups in total. The summed E-state index contributed by atoms with van der Waals surface area (Å²) in [5.41, 5.74) is 1.40. The third-order valence-electron chi connectivity index (χ3n) is 3.09. The number of carbonyl (C=O) groups is 1. The van der Waals surface area contributed by atoms with E-state index in [9.17, 15) is 4.79 Å². The number of benzene rings is 2. The van der Waals surface area contributed by atoms with Crippen molar-refractivity contribution in [2.75, 3.05) is 12.4 Å². The summed E-state index contributed by atoms with van der Waals surface area (Å²) in [4.78, 5) is 12.2. The highest BCUT2D eigenvalue weighted by atomic mass is 79.9. The number of hydrogen-bond acceptors (Lipinski definition) is 5. The van der Waals surface area contributed by atoms with Crippen LogP contribution in [0.3, 0.4) is 0 Å². The Hall–Kier alpha value is -2.25. The fourth-order valence-corrected chi connectivity index (χ4v) is 3.01. The average molecular weight is 390 g/mol. The number of aromatic nitrogens is 2. The van der Waals surface area contributed by atoms with Crippen LogP contribution >= 0.6 is 27.3 Å². The minimum Gasteiger partial charge on any atom is -0.496 e. The molecule has 1 heterocycles. The summed E-state index contributed by atoms with van der Waals surface area (Å²) in [6.07, 6.45) is 0. The number of ether oxygens (including phenoxy) is 1. The molecular weight excluding hydrogens is 378 g/mol. The van der Waals surface area contributed by atoms with Crippen molar-refractivity contribution >= 4 is 38.3 Å². The number of nitrogens with one attached hydrogen (secondary N) is 1. The molecule has 3 rings (SSSR count). The lowest BCUT2D eigenvalue weighted by molar-refractivity contribution is 0.102. The van der Waals surface area contributed by atoms with Gasteiger partial charge in [0.1, 0.15) is 5.75 Å². The third-order valence-corrected chi connectivity index (χ3v) is 4.49. The van der Waals surface area contributed by atoms with Crippen LogP contribution in [-0.4, -0.2) is 23.2 Å². The molecule has 0 unspecified atom stereocenters. The minimum absolute atomic E-state index is 0.222. The first-order valence-electron chi connectivity index (χ1n) is 6.71. The van der Waals surface area contributed by atoms with Crippen LogP contribution in [0.1, 0.15) is 10.4 Å². The van der Waals surface area contributed by atoms with Gasteiger partial charge in [0.25, 0.3) is 5.91 Å². The van der Waals surface area contributed by atoms with Crippen LogP contribution < -0.4 is 10.1 Å². The average Bonchev–Trinajstić information content (AvgIpc) is 3.03. The van der Waals surface area contributed by atoms with Gasteiger partial charge in [0.2, 0.25) is 5.13 Å². The van der Waals surface area contributed by atoms with Crippen molar-refractivity contribution in [1.82, 2.24) is 10.2 Å². The molecule has 23 heavy (non-hydrogen) atoms. The van der Waals surface area contributed by atoms with E-state index in [1.54, 1.807) is 19.2 Å². The van der Waals surface area contributed by atoms with Gasteiger partial charge in [0.15, 0.2) is 5.01 Å². The van der Waals surface area contributed by atoms with E-state index in [0.717, 1.165) is 15.8 Å². The summed E-state index contributed by atoms with van der Waals surface area (Å²) < 4.78 is 6.24. The van der Waals surface area contributed by atoms with Crippen molar-refractivity contribution < 1.29 is 9.53 Å². The maximum atomic E-state index is 12.2. The standard InChI is InChI=1S/C16H12BrN3O2S/c1-22-13-5-3-2-4-12(13)15-19-20-16(23-15)18-14(21)10-6-8-11(17)9-7-10/h2-9H,1H3,(H,18,20,21). The summed E-state index contributed by atoms with van der Waals surface area (Å²) >= 11 is 4.64. The molecule has 116 valence electrons. The van der Waals surface area contributed by atoms with Crippen LogP contribution in [0.5, 0.6) is 5.75 Å². The lowest BCUT2D eigenvalue weighted by atomic mass is 10.2. The molecule has 1 aromatic heterocycles. The molecule has 0 spiro atoms. The van der Waals surface area contributed by atoms with E-state index in [1.165, 1.54) is 11.3 Å². The number of methoxy groups -OCH3 is 1. The molecule has 7 heteroatoms. The number of nitrogens with zero attached hydrogens (tertiary/aromatic N) is 2. The van der Waals surface area contributed by atoms with E-state index in [0.29, 0.717) is 15.7 Å². The fourth-order valence-electron chi connectivity index (χ4n) is 1.97. The van der Waals surface area contributed by atoms with Gasteiger partial charge in [-0.3, -0.25) is 10.1 Å². The number of rotatable bonds is 4. The monoisotopic (exact) mass is 389 g/mol. The quantitative estimate of drug-likeness (QED) is 0.724. The van der Waals surface area contributed by atoms with Gasteiger partial charge < -0.3 is 4.74 Å². The molecular formula is C16H12BrN3O2S. The summed E-state index contributed by atoms with van der Waals surface area (Å²) in [6.45, 7) is 0. The van der Waals surface area contributed by atoms with Crippen LogP contribution in [0.2, 0.25) is 0 Å². The summed E-state index contributed by atoms with van der Waals surface area (Å²) in [5.74, 6) is 0.495. The van der Waals surface area contributed by atoms with Gasteiger partial charge >= 0.3 is 0 Å². The van der Waals surface area contributed by atoms with Crippen molar-refractivity contribution in [3.63, 3.8) is 0 Å². The van der Waals surface area contributed by atoms with E-state index < -0.39 is 0 Å². The maximum absolute atomic E-state index is 12.2. The summed E-state index contributed by atoms with van der Waals surface area (Å²) in [5, 5.41) is 12.0. The van der Waals surface area contributed by atoms with Gasteiger partial charge in [-0.25, -0.2) is 0 Å². The van der Waals surface area contributed by atoms with Gasteiger partial charge in [0, 0.05) is 10.0 Å². The predicted octanol–water partition coefficient (Wildman–Crippen LogP) is 4.23. The van der Waals surface area contributed by atoms with Crippen molar-refractivity contribution in [2.45, 2.75) is 0 Å². The maximum Gasteiger partial charge on any atom is 0.257 e. The van der Waals surface area contributed by atoms with E-state index in [-0.39, 0.29) is 5.91 Å². The van der Waals surface area contributed by atoms with Gasteiger partial charge in [-0.05, 0) is 36.4 Å². The number of amides is 1. The molecule has 0 atom stereocenters. The first kappa shape index (κ1) is 15.6. The number of carbonyl (C=O) groups excluding carboxylic acids is 1. The Labute approximate surface area is 145 Å². The zero-order valence-corrected chi connectivity index (χ0v) is 14.5. The van der Waals surface area contributed by atoms with E-state index in [1.807, 2.05) is 36.4 Å². The Balaban J connectivity index is 1.79. The number of halogens is 1. The first-order valence-corrected chi connectivity index (χ1v) is 8.32. The lowest BCUT2D eigenvalue weighted by Crippen LogP contribution is -2.11. The number of anilines is 1. The molecule has 0 bridgehead atoms. The molecule has 0 aliphatic heterocycles. The van der Waals surface area contributed by atoms with Crippen molar-refractivity contribution in [3.05, 3.63) is 58.6 Å². The van der Waals surface area contributed by atoms with Crippen LogP contribution in [-0.2, 0) is 0 Å². The highest BCUT2D eigenvalue weighted by Crippen LogP contribution is 2.33.